The molecule has 0 spiro atoms. The molecule has 1 aromatic rings. The molecule has 0 radical (unpaired) electrons. The first kappa shape index (κ1) is 19.0. The molecule has 162 valence electrons. The summed E-state index contributed by atoms with van der Waals surface area (Å²) in [4.78, 5) is 23.8. The number of amides is 1. The lowest BCUT2D eigenvalue weighted by atomic mass is 9.41. The van der Waals surface area contributed by atoms with Gasteiger partial charge in [0.1, 0.15) is 0 Å². The van der Waals surface area contributed by atoms with Gasteiger partial charge in [0.15, 0.2) is 0 Å². The van der Waals surface area contributed by atoms with Crippen molar-refractivity contribution < 1.29 is 14.6 Å². The van der Waals surface area contributed by atoms with Crippen LogP contribution in [0.1, 0.15) is 73.3 Å². The van der Waals surface area contributed by atoms with Gasteiger partial charge in [0.05, 0.1) is 30.1 Å². The summed E-state index contributed by atoms with van der Waals surface area (Å²) in [5.74, 6) is 2.32. The van der Waals surface area contributed by atoms with Crippen molar-refractivity contribution in [2.75, 3.05) is 31.2 Å². The Kier molecular flexibility index (Phi) is 4.20. The first-order valence-corrected chi connectivity index (χ1v) is 11.7. The van der Waals surface area contributed by atoms with Crippen LogP contribution in [0.2, 0.25) is 0 Å². The van der Waals surface area contributed by atoms with Gasteiger partial charge in [-0.3, -0.25) is 4.79 Å². The van der Waals surface area contributed by atoms with Crippen molar-refractivity contribution in [2.45, 2.75) is 62.9 Å². The van der Waals surface area contributed by atoms with Gasteiger partial charge in [0.2, 0.25) is 5.95 Å². The van der Waals surface area contributed by atoms with E-state index in [9.17, 15) is 9.90 Å². The number of anilines is 1. The highest BCUT2D eigenvalue weighted by molar-refractivity contribution is 5.94. The van der Waals surface area contributed by atoms with E-state index in [2.05, 4.69) is 9.88 Å². The number of rotatable bonds is 4. The molecule has 7 heteroatoms. The number of carbonyl (C=O) groups is 1. The number of aromatic nitrogens is 2. The molecule has 1 aromatic heterocycles. The SMILES string of the molecule is NC(=O)c1cnc(N2CCOCC2)nc1C1CCC1C12CC3CC(CC(O)(C3)C1)C2. The minimum atomic E-state index is -0.457. The Morgan fingerprint density at radius 2 is 1.90 bits per heavy atom. The maximum Gasteiger partial charge on any atom is 0.252 e. The van der Waals surface area contributed by atoms with Crippen molar-refractivity contribution in [2.24, 2.45) is 28.9 Å². The number of carbonyl (C=O) groups excluding carboxylic acids is 1. The molecule has 2 heterocycles. The predicted octanol–water partition coefficient (Wildman–Crippen LogP) is 2.24. The number of morpholine rings is 1. The number of hydrogen-bond donors (Lipinski definition) is 2. The normalized spacial score (nSPS) is 42.2. The maximum absolute atomic E-state index is 12.2. The number of ether oxygens (including phenoxy) is 1. The Bertz CT molecular complexity index is 854. The van der Waals surface area contributed by atoms with E-state index >= 15 is 0 Å². The van der Waals surface area contributed by atoms with E-state index in [1.807, 2.05) is 0 Å². The molecule has 6 aliphatic rings. The van der Waals surface area contributed by atoms with Crippen molar-refractivity contribution >= 4 is 11.9 Å². The molecule has 1 aliphatic heterocycles. The fourth-order valence-electron chi connectivity index (χ4n) is 8.05. The lowest BCUT2D eigenvalue weighted by Gasteiger charge is -2.65. The van der Waals surface area contributed by atoms with Crippen LogP contribution < -0.4 is 10.6 Å². The van der Waals surface area contributed by atoms with Gasteiger partial charge < -0.3 is 20.5 Å². The van der Waals surface area contributed by atoms with Gasteiger partial charge in [-0.1, -0.05) is 0 Å². The molecule has 1 saturated heterocycles. The average Bonchev–Trinajstić information content (AvgIpc) is 2.65. The summed E-state index contributed by atoms with van der Waals surface area (Å²) >= 11 is 0. The molecular weight excluding hydrogens is 380 g/mol. The van der Waals surface area contributed by atoms with Crippen LogP contribution in [0, 0.1) is 23.2 Å². The Balaban J connectivity index is 1.34. The third-order valence-corrected chi connectivity index (χ3v) is 8.85. The molecule has 1 amide bonds. The average molecular weight is 413 g/mol. The van der Waals surface area contributed by atoms with E-state index in [1.54, 1.807) is 6.20 Å². The summed E-state index contributed by atoms with van der Waals surface area (Å²) in [6, 6.07) is 0. The Hall–Kier alpha value is -1.73. The zero-order chi connectivity index (χ0) is 20.5. The molecule has 30 heavy (non-hydrogen) atoms. The second-order valence-electron chi connectivity index (χ2n) is 10.8. The van der Waals surface area contributed by atoms with E-state index in [1.165, 1.54) is 19.3 Å². The van der Waals surface area contributed by atoms with E-state index < -0.39 is 11.5 Å². The summed E-state index contributed by atoms with van der Waals surface area (Å²) < 4.78 is 5.46. The molecule has 4 atom stereocenters. The number of primary amides is 1. The van der Waals surface area contributed by atoms with E-state index in [4.69, 9.17) is 15.5 Å². The molecule has 4 unspecified atom stereocenters. The highest BCUT2D eigenvalue weighted by Crippen LogP contribution is 2.69. The lowest BCUT2D eigenvalue weighted by Crippen LogP contribution is -2.59. The number of nitrogens with two attached hydrogens (primary N) is 1. The monoisotopic (exact) mass is 412 g/mol. The summed E-state index contributed by atoms with van der Waals surface area (Å²) in [5, 5.41) is 11.2. The molecule has 5 saturated carbocycles. The second-order valence-corrected chi connectivity index (χ2v) is 10.8. The van der Waals surface area contributed by atoms with Gasteiger partial charge in [-0.15, -0.1) is 0 Å². The van der Waals surface area contributed by atoms with E-state index in [-0.39, 0.29) is 11.3 Å². The van der Waals surface area contributed by atoms with Gasteiger partial charge in [0.25, 0.3) is 5.91 Å². The zero-order valence-electron chi connectivity index (χ0n) is 17.6. The van der Waals surface area contributed by atoms with Crippen LogP contribution in [-0.4, -0.2) is 52.9 Å². The standard InChI is InChI=1S/C23H32N4O3/c24-20(28)17-12-25-21(27-3-5-30-6-4-27)26-19(17)16-1-2-18(16)22-8-14-7-15(9-22)11-23(29,10-14)13-22/h12,14-16,18,29H,1-11,13H2,(H2,24,28). The molecule has 3 N–H and O–H groups in total. The Morgan fingerprint density at radius 1 is 1.17 bits per heavy atom. The van der Waals surface area contributed by atoms with E-state index in [0.29, 0.717) is 42.5 Å². The van der Waals surface area contributed by atoms with Gasteiger partial charge >= 0.3 is 0 Å². The fraction of sp³-hybridized carbons (Fsp3) is 0.783. The van der Waals surface area contributed by atoms with Crippen molar-refractivity contribution in [3.8, 4) is 0 Å². The molecule has 6 fully saturated rings. The van der Waals surface area contributed by atoms with E-state index in [0.717, 1.165) is 50.9 Å². The minimum absolute atomic E-state index is 0.209. The zero-order valence-corrected chi connectivity index (χ0v) is 17.6. The number of nitrogens with zero attached hydrogens (tertiary/aromatic N) is 3. The van der Waals surface area contributed by atoms with Crippen LogP contribution in [0.25, 0.3) is 0 Å². The van der Waals surface area contributed by atoms with Gasteiger partial charge in [0, 0.05) is 25.2 Å². The molecule has 4 bridgehead atoms. The van der Waals surface area contributed by atoms with Crippen LogP contribution in [0.3, 0.4) is 0 Å². The smallest absolute Gasteiger partial charge is 0.252 e. The highest BCUT2D eigenvalue weighted by atomic mass is 16.5. The highest BCUT2D eigenvalue weighted by Gasteiger charge is 2.62. The van der Waals surface area contributed by atoms with Crippen LogP contribution in [0.5, 0.6) is 0 Å². The minimum Gasteiger partial charge on any atom is -0.390 e. The van der Waals surface area contributed by atoms with Crippen LogP contribution in [0.15, 0.2) is 6.20 Å². The first-order valence-electron chi connectivity index (χ1n) is 11.7. The van der Waals surface area contributed by atoms with Crippen LogP contribution in [0.4, 0.5) is 5.95 Å². The largest absolute Gasteiger partial charge is 0.390 e. The molecule has 0 aromatic carbocycles. The quantitative estimate of drug-likeness (QED) is 0.786. The molecular formula is C23H32N4O3. The molecule has 7 rings (SSSR count). The lowest BCUT2D eigenvalue weighted by molar-refractivity contribution is -0.194. The number of hydrogen-bond acceptors (Lipinski definition) is 6. The van der Waals surface area contributed by atoms with Crippen LogP contribution >= 0.6 is 0 Å². The Morgan fingerprint density at radius 3 is 2.50 bits per heavy atom. The summed E-state index contributed by atoms with van der Waals surface area (Å²) in [6.07, 6.45) is 10.5. The van der Waals surface area contributed by atoms with Crippen molar-refractivity contribution in [3.63, 3.8) is 0 Å². The fourth-order valence-corrected chi connectivity index (χ4v) is 8.05. The van der Waals surface area contributed by atoms with Gasteiger partial charge in [-0.25, -0.2) is 9.97 Å². The topological polar surface area (TPSA) is 102 Å². The van der Waals surface area contributed by atoms with Gasteiger partial charge in [-0.2, -0.15) is 0 Å². The third kappa shape index (κ3) is 2.88. The summed E-state index contributed by atoms with van der Waals surface area (Å²) in [7, 11) is 0. The Labute approximate surface area is 177 Å². The maximum atomic E-state index is 12.2. The third-order valence-electron chi connectivity index (χ3n) is 8.85. The first-order chi connectivity index (χ1) is 14.4. The van der Waals surface area contributed by atoms with Crippen molar-refractivity contribution in [1.82, 2.24) is 9.97 Å². The predicted molar refractivity (Wildman–Crippen MR) is 111 cm³/mol. The summed E-state index contributed by atoms with van der Waals surface area (Å²) in [6.45, 7) is 2.88. The number of aliphatic hydroxyl groups is 1. The molecule has 7 nitrogen and oxygen atoms in total. The van der Waals surface area contributed by atoms with Crippen molar-refractivity contribution in [1.29, 1.82) is 0 Å². The molecule has 5 aliphatic carbocycles. The second kappa shape index (κ2) is 6.63. The van der Waals surface area contributed by atoms with Gasteiger partial charge in [-0.05, 0) is 74.5 Å². The van der Waals surface area contributed by atoms with Crippen molar-refractivity contribution in [3.05, 3.63) is 17.5 Å². The summed E-state index contributed by atoms with van der Waals surface area (Å²) in [5.41, 5.74) is 6.81. The van der Waals surface area contributed by atoms with Crippen LogP contribution in [-0.2, 0) is 4.74 Å².